The Morgan fingerprint density at radius 1 is 1.12 bits per heavy atom. The number of carbonyl (C=O) groups is 4. The van der Waals surface area contributed by atoms with Gasteiger partial charge in [0.1, 0.15) is 5.54 Å². The van der Waals surface area contributed by atoms with Crippen LogP contribution >= 0.6 is 11.6 Å². The normalized spacial score (nSPS) is 27.8. The van der Waals surface area contributed by atoms with E-state index in [1.54, 1.807) is 19.1 Å². The molecule has 9 heteroatoms. The molecule has 170 valence electrons. The lowest BCUT2D eigenvalue weighted by Crippen LogP contribution is -2.53. The average Bonchev–Trinajstić information content (AvgIpc) is 3.37. The Morgan fingerprint density at radius 3 is 2.55 bits per heavy atom. The predicted molar refractivity (Wildman–Crippen MR) is 119 cm³/mol. The van der Waals surface area contributed by atoms with E-state index in [1.807, 2.05) is 30.3 Å². The van der Waals surface area contributed by atoms with Crippen LogP contribution in [0.1, 0.15) is 29.5 Å². The Hall–Kier alpha value is -3.23. The molecule has 2 aromatic rings. The van der Waals surface area contributed by atoms with Gasteiger partial charge in [0.05, 0.1) is 24.1 Å². The second-order valence-corrected chi connectivity index (χ2v) is 9.20. The van der Waals surface area contributed by atoms with Crippen molar-refractivity contribution < 1.29 is 24.3 Å². The van der Waals surface area contributed by atoms with Gasteiger partial charge < -0.3 is 10.4 Å². The molecule has 4 unspecified atom stereocenters. The number of carboxylic acids is 1. The highest BCUT2D eigenvalue weighted by Crippen LogP contribution is 2.54. The van der Waals surface area contributed by atoms with Gasteiger partial charge in [-0.3, -0.25) is 29.4 Å². The van der Waals surface area contributed by atoms with E-state index in [0.29, 0.717) is 21.8 Å². The maximum absolute atomic E-state index is 13.7. The molecular formula is C24H22ClN3O5. The van der Waals surface area contributed by atoms with Crippen LogP contribution < -0.4 is 10.6 Å². The molecule has 3 aliphatic rings. The topological polar surface area (TPSA) is 116 Å². The fraction of sp³-hybridized carbons (Fsp3) is 0.333. The number of imide groups is 1. The van der Waals surface area contributed by atoms with Crippen molar-refractivity contribution in [2.45, 2.75) is 37.9 Å². The number of nitrogens with one attached hydrogen (secondary N) is 2. The molecule has 2 saturated heterocycles. The first-order valence-corrected chi connectivity index (χ1v) is 11.1. The summed E-state index contributed by atoms with van der Waals surface area (Å²) in [6, 6.07) is 11.9. The van der Waals surface area contributed by atoms with Crippen LogP contribution in [0.4, 0.5) is 5.69 Å². The molecule has 33 heavy (non-hydrogen) atoms. The second kappa shape index (κ2) is 7.67. The van der Waals surface area contributed by atoms with Crippen molar-refractivity contribution in [2.75, 3.05) is 5.32 Å². The van der Waals surface area contributed by atoms with Gasteiger partial charge in [-0.15, -0.1) is 0 Å². The fourth-order valence-corrected chi connectivity index (χ4v) is 5.66. The molecule has 3 aliphatic heterocycles. The van der Waals surface area contributed by atoms with Gasteiger partial charge in [-0.25, -0.2) is 0 Å². The third-order valence-corrected chi connectivity index (χ3v) is 7.44. The van der Waals surface area contributed by atoms with Crippen LogP contribution in [-0.2, 0) is 31.3 Å². The smallest absolute Gasteiger partial charge is 0.303 e. The number of hydrogen-bond acceptors (Lipinski definition) is 5. The van der Waals surface area contributed by atoms with Crippen LogP contribution in [-0.4, -0.2) is 39.7 Å². The minimum absolute atomic E-state index is 0.0986. The lowest BCUT2D eigenvalue weighted by atomic mass is 9.76. The van der Waals surface area contributed by atoms with Crippen LogP contribution in [0.5, 0.6) is 0 Å². The van der Waals surface area contributed by atoms with Crippen molar-refractivity contribution in [3.05, 3.63) is 64.2 Å². The predicted octanol–water partition coefficient (Wildman–Crippen LogP) is 2.43. The van der Waals surface area contributed by atoms with E-state index in [2.05, 4.69) is 10.6 Å². The average molecular weight is 468 g/mol. The van der Waals surface area contributed by atoms with Gasteiger partial charge in [-0.05, 0) is 30.5 Å². The van der Waals surface area contributed by atoms with Crippen LogP contribution in [0.2, 0.25) is 5.02 Å². The third-order valence-electron chi connectivity index (χ3n) is 7.03. The number of rotatable bonds is 5. The van der Waals surface area contributed by atoms with E-state index in [-0.39, 0.29) is 25.3 Å². The van der Waals surface area contributed by atoms with Crippen molar-refractivity contribution in [3.63, 3.8) is 0 Å². The number of fused-ring (bicyclic) bond motifs is 4. The van der Waals surface area contributed by atoms with Crippen LogP contribution in [0, 0.1) is 18.8 Å². The lowest BCUT2D eigenvalue weighted by molar-refractivity contribution is -0.144. The van der Waals surface area contributed by atoms with E-state index in [0.717, 1.165) is 5.56 Å². The lowest BCUT2D eigenvalue weighted by Gasteiger charge is -2.29. The monoisotopic (exact) mass is 467 g/mol. The summed E-state index contributed by atoms with van der Waals surface area (Å²) in [6.07, 6.45) is -0.0725. The Balaban J connectivity index is 1.61. The molecule has 3 heterocycles. The van der Waals surface area contributed by atoms with Crippen molar-refractivity contribution in [3.8, 4) is 0 Å². The molecule has 0 aromatic heterocycles. The highest BCUT2D eigenvalue weighted by molar-refractivity contribution is 6.32. The number of aliphatic carboxylic acids is 1. The summed E-state index contributed by atoms with van der Waals surface area (Å²) in [5.41, 5.74) is 1.09. The minimum atomic E-state index is -1.46. The highest BCUT2D eigenvalue weighted by atomic mass is 35.5. The number of amides is 3. The zero-order chi connectivity index (χ0) is 23.5. The number of anilines is 1. The number of halogens is 1. The minimum Gasteiger partial charge on any atom is -0.481 e. The number of hydrogen-bond donors (Lipinski definition) is 3. The summed E-state index contributed by atoms with van der Waals surface area (Å²) in [5.74, 6) is -4.08. The summed E-state index contributed by atoms with van der Waals surface area (Å²) < 4.78 is 0. The number of likely N-dealkylation sites (tertiary alicyclic amines) is 1. The van der Waals surface area contributed by atoms with Gasteiger partial charge in [0.25, 0.3) is 0 Å². The number of carboxylic acid groups (broad SMARTS) is 1. The highest BCUT2D eigenvalue weighted by Gasteiger charge is 2.70. The quantitative estimate of drug-likeness (QED) is 0.582. The first-order chi connectivity index (χ1) is 15.8. The summed E-state index contributed by atoms with van der Waals surface area (Å²) in [7, 11) is 0. The molecule has 2 aromatic carbocycles. The van der Waals surface area contributed by atoms with Gasteiger partial charge in [0, 0.05) is 23.0 Å². The maximum atomic E-state index is 13.7. The van der Waals surface area contributed by atoms with Crippen molar-refractivity contribution in [2.24, 2.45) is 11.8 Å². The number of carbonyl (C=O) groups excluding carboxylic acids is 3. The Labute approximate surface area is 194 Å². The van der Waals surface area contributed by atoms with Crippen LogP contribution in [0.25, 0.3) is 0 Å². The Kier molecular flexibility index (Phi) is 5.02. The van der Waals surface area contributed by atoms with E-state index in [1.165, 1.54) is 4.90 Å². The molecule has 8 nitrogen and oxygen atoms in total. The molecule has 0 aliphatic carbocycles. The van der Waals surface area contributed by atoms with E-state index in [4.69, 9.17) is 11.6 Å². The Bertz CT molecular complexity index is 1200. The van der Waals surface area contributed by atoms with E-state index < -0.39 is 41.2 Å². The zero-order valence-electron chi connectivity index (χ0n) is 17.8. The van der Waals surface area contributed by atoms with Crippen molar-refractivity contribution >= 4 is 41.0 Å². The van der Waals surface area contributed by atoms with Gasteiger partial charge in [-0.2, -0.15) is 0 Å². The maximum Gasteiger partial charge on any atom is 0.303 e. The van der Waals surface area contributed by atoms with E-state index >= 15 is 0 Å². The first-order valence-electron chi connectivity index (χ1n) is 10.8. The molecular weight excluding hydrogens is 446 g/mol. The molecule has 2 fully saturated rings. The molecule has 4 atom stereocenters. The van der Waals surface area contributed by atoms with Crippen molar-refractivity contribution in [1.29, 1.82) is 0 Å². The summed E-state index contributed by atoms with van der Waals surface area (Å²) in [5, 5.41) is 15.8. The zero-order valence-corrected chi connectivity index (χ0v) is 18.6. The van der Waals surface area contributed by atoms with Crippen LogP contribution in [0.15, 0.2) is 42.5 Å². The number of nitrogens with zero attached hydrogens (tertiary/aromatic N) is 1. The molecule has 0 radical (unpaired) electrons. The molecule has 1 spiro atoms. The largest absolute Gasteiger partial charge is 0.481 e. The van der Waals surface area contributed by atoms with Gasteiger partial charge >= 0.3 is 5.97 Å². The SMILES string of the molecule is Cc1c(Cl)ccc2c1NC(=O)C21NC(CCC(=O)O)C2C(=O)N(Cc3ccccc3)C(=O)C21. The molecule has 3 N–H and O–H groups in total. The molecule has 3 amide bonds. The summed E-state index contributed by atoms with van der Waals surface area (Å²) in [4.78, 5) is 53.1. The molecule has 5 rings (SSSR count). The van der Waals surface area contributed by atoms with E-state index in [9.17, 15) is 24.3 Å². The summed E-state index contributed by atoms with van der Waals surface area (Å²) in [6.45, 7) is 1.87. The summed E-state index contributed by atoms with van der Waals surface area (Å²) >= 11 is 6.26. The standard InChI is InChI=1S/C24H22ClN3O5/c1-12-15(25)8-7-14-20(12)26-23(33)24(14)19-18(16(27-24)9-10-17(29)30)21(31)28(22(19)32)11-13-5-3-2-4-6-13/h2-8,16,18-19,27H,9-11H2,1H3,(H,26,33)(H,29,30). The van der Waals surface area contributed by atoms with Gasteiger partial charge in [0.2, 0.25) is 17.7 Å². The molecule has 0 bridgehead atoms. The van der Waals surface area contributed by atoms with Gasteiger partial charge in [0.15, 0.2) is 0 Å². The molecule has 0 saturated carbocycles. The van der Waals surface area contributed by atoms with Crippen molar-refractivity contribution in [1.82, 2.24) is 10.2 Å². The third kappa shape index (κ3) is 3.08. The fourth-order valence-electron chi connectivity index (χ4n) is 5.50. The second-order valence-electron chi connectivity index (χ2n) is 8.79. The first kappa shape index (κ1) is 21.6. The number of benzene rings is 2. The van der Waals surface area contributed by atoms with Crippen LogP contribution in [0.3, 0.4) is 0 Å². The van der Waals surface area contributed by atoms with Gasteiger partial charge in [-0.1, -0.05) is 48.0 Å². The Morgan fingerprint density at radius 2 is 1.85 bits per heavy atom.